The molecule has 0 saturated carbocycles. The van der Waals surface area contributed by atoms with E-state index in [-0.39, 0.29) is 16.6 Å². The molecule has 9 heteroatoms. The van der Waals surface area contributed by atoms with Gasteiger partial charge in [-0.3, -0.25) is 9.59 Å². The fourth-order valence-corrected chi connectivity index (χ4v) is 5.46. The van der Waals surface area contributed by atoms with Gasteiger partial charge in [-0.2, -0.15) is 4.31 Å². The lowest BCUT2D eigenvalue weighted by Crippen LogP contribution is -2.48. The van der Waals surface area contributed by atoms with Crippen LogP contribution in [0.4, 0.5) is 5.69 Å². The fraction of sp³-hybridized carbons (Fsp3) is 0.360. The Hall–Kier alpha value is -3.01. The first kappa shape index (κ1) is 24.1. The van der Waals surface area contributed by atoms with E-state index in [1.54, 1.807) is 42.2 Å². The Morgan fingerprint density at radius 3 is 2.06 bits per heavy atom. The molecule has 0 bridgehead atoms. The number of carbonyl (C=O) groups excluding carboxylic acids is 2. The van der Waals surface area contributed by atoms with Gasteiger partial charge in [0.25, 0.3) is 0 Å². The van der Waals surface area contributed by atoms with Gasteiger partial charge < -0.3 is 14.5 Å². The second-order valence-electron chi connectivity index (χ2n) is 8.33. The number of amides is 1. The van der Waals surface area contributed by atoms with Gasteiger partial charge in [0.1, 0.15) is 0 Å². The van der Waals surface area contributed by atoms with Gasteiger partial charge in [-0.1, -0.05) is 12.1 Å². The Morgan fingerprint density at radius 2 is 1.47 bits per heavy atom. The Kier molecular flexibility index (Phi) is 7.45. The van der Waals surface area contributed by atoms with Crippen molar-refractivity contribution in [3.63, 3.8) is 0 Å². The summed E-state index contributed by atoms with van der Waals surface area (Å²) in [5.41, 5.74) is 2.49. The number of anilines is 1. The largest absolute Gasteiger partial charge is 0.379 e. The number of benzene rings is 2. The molecule has 2 aromatic carbocycles. The number of piperazine rings is 1. The average Bonchev–Trinajstić information content (AvgIpc) is 2.88. The van der Waals surface area contributed by atoms with Gasteiger partial charge in [0, 0.05) is 56.6 Å². The smallest absolute Gasteiger partial charge is 0.246 e. The van der Waals surface area contributed by atoms with Crippen molar-refractivity contribution >= 4 is 33.5 Å². The molecule has 0 aromatic heterocycles. The molecule has 2 fully saturated rings. The molecule has 1 amide bonds. The highest BCUT2D eigenvalue weighted by atomic mass is 32.2. The van der Waals surface area contributed by atoms with E-state index >= 15 is 0 Å². The standard InChI is InChI=1S/C25H29N3O5S/c1-20(29)22-5-7-23(8-6-22)26-12-14-27(15-13-26)25(30)11-4-21-2-9-24(10-3-21)34(31,32)28-16-18-33-19-17-28/h2-11H,12-19H2,1H3/b11-4+. The first-order valence-corrected chi connectivity index (χ1v) is 12.8. The number of ether oxygens (including phenoxy) is 1. The number of carbonyl (C=O) groups is 2. The molecular weight excluding hydrogens is 454 g/mol. The molecule has 180 valence electrons. The van der Waals surface area contributed by atoms with Gasteiger partial charge in [0.2, 0.25) is 15.9 Å². The van der Waals surface area contributed by atoms with Gasteiger partial charge >= 0.3 is 0 Å². The number of nitrogens with zero attached hydrogens (tertiary/aromatic N) is 3. The number of Topliss-reactive ketones (excluding diaryl/α,β-unsaturated/α-hetero) is 1. The molecule has 0 spiro atoms. The maximum absolute atomic E-state index is 12.7. The van der Waals surface area contributed by atoms with E-state index in [9.17, 15) is 18.0 Å². The molecule has 0 unspecified atom stereocenters. The first-order valence-electron chi connectivity index (χ1n) is 11.4. The summed E-state index contributed by atoms with van der Waals surface area (Å²) in [6.45, 7) is 5.72. The Morgan fingerprint density at radius 1 is 0.853 bits per heavy atom. The van der Waals surface area contributed by atoms with E-state index in [4.69, 9.17) is 4.74 Å². The normalized spacial score (nSPS) is 17.8. The minimum atomic E-state index is -3.53. The maximum atomic E-state index is 12.7. The lowest BCUT2D eigenvalue weighted by molar-refractivity contribution is -0.126. The Balaban J connectivity index is 1.31. The number of sulfonamides is 1. The van der Waals surface area contributed by atoms with E-state index in [1.807, 2.05) is 24.3 Å². The summed E-state index contributed by atoms with van der Waals surface area (Å²) >= 11 is 0. The van der Waals surface area contributed by atoms with Crippen molar-refractivity contribution in [3.8, 4) is 0 Å². The van der Waals surface area contributed by atoms with Gasteiger partial charge in [0.05, 0.1) is 18.1 Å². The predicted octanol–water partition coefficient (Wildman–Crippen LogP) is 2.27. The molecule has 2 aromatic rings. The zero-order valence-electron chi connectivity index (χ0n) is 19.2. The molecule has 2 saturated heterocycles. The third kappa shape index (κ3) is 5.55. The SMILES string of the molecule is CC(=O)c1ccc(N2CCN(C(=O)/C=C/c3ccc(S(=O)(=O)N4CCOCC4)cc3)CC2)cc1. The van der Waals surface area contributed by atoms with E-state index in [1.165, 1.54) is 10.4 Å². The second kappa shape index (κ2) is 10.5. The van der Waals surface area contributed by atoms with Crippen LogP contribution >= 0.6 is 0 Å². The van der Waals surface area contributed by atoms with Gasteiger partial charge in [-0.05, 0) is 55.0 Å². The van der Waals surface area contributed by atoms with Crippen LogP contribution < -0.4 is 4.90 Å². The van der Waals surface area contributed by atoms with Crippen LogP contribution in [0.2, 0.25) is 0 Å². The number of hydrogen-bond acceptors (Lipinski definition) is 6. The highest BCUT2D eigenvalue weighted by molar-refractivity contribution is 7.89. The number of ketones is 1. The van der Waals surface area contributed by atoms with Crippen LogP contribution in [0.25, 0.3) is 6.08 Å². The van der Waals surface area contributed by atoms with Crippen molar-refractivity contribution in [1.82, 2.24) is 9.21 Å². The zero-order chi connectivity index (χ0) is 24.1. The summed E-state index contributed by atoms with van der Waals surface area (Å²) in [6, 6.07) is 14.1. The Bertz CT molecular complexity index is 1150. The van der Waals surface area contributed by atoms with Gasteiger partial charge in [-0.25, -0.2) is 8.42 Å². The molecule has 34 heavy (non-hydrogen) atoms. The minimum Gasteiger partial charge on any atom is -0.379 e. The first-order chi connectivity index (χ1) is 16.3. The fourth-order valence-electron chi connectivity index (χ4n) is 4.05. The van der Waals surface area contributed by atoms with Crippen molar-refractivity contribution in [2.24, 2.45) is 0 Å². The van der Waals surface area contributed by atoms with E-state index in [2.05, 4.69) is 4.90 Å². The lowest BCUT2D eigenvalue weighted by Gasteiger charge is -2.35. The predicted molar refractivity (Wildman–Crippen MR) is 130 cm³/mol. The summed E-state index contributed by atoms with van der Waals surface area (Å²) in [4.78, 5) is 28.3. The molecular formula is C25H29N3O5S. The number of morpholine rings is 1. The van der Waals surface area contributed by atoms with E-state index < -0.39 is 10.0 Å². The monoisotopic (exact) mass is 483 g/mol. The molecule has 8 nitrogen and oxygen atoms in total. The van der Waals surface area contributed by atoms with E-state index in [0.717, 1.165) is 11.3 Å². The van der Waals surface area contributed by atoms with Crippen LogP contribution in [-0.2, 0) is 19.6 Å². The lowest BCUT2D eigenvalue weighted by atomic mass is 10.1. The Labute approximate surface area is 200 Å². The molecule has 2 heterocycles. The van der Waals surface area contributed by atoms with Crippen LogP contribution in [0.5, 0.6) is 0 Å². The number of rotatable bonds is 6. The van der Waals surface area contributed by atoms with Crippen molar-refractivity contribution in [2.45, 2.75) is 11.8 Å². The molecule has 0 N–H and O–H groups in total. The topological polar surface area (TPSA) is 87.2 Å². The van der Waals surface area contributed by atoms with Crippen LogP contribution in [0, 0.1) is 0 Å². The van der Waals surface area contributed by atoms with Crippen LogP contribution in [0.15, 0.2) is 59.5 Å². The van der Waals surface area contributed by atoms with Crippen molar-refractivity contribution in [3.05, 3.63) is 65.7 Å². The highest BCUT2D eigenvalue weighted by Crippen LogP contribution is 2.20. The maximum Gasteiger partial charge on any atom is 0.246 e. The molecule has 0 atom stereocenters. The van der Waals surface area contributed by atoms with Crippen LogP contribution in [-0.4, -0.2) is 81.8 Å². The molecule has 2 aliphatic heterocycles. The van der Waals surface area contributed by atoms with E-state index in [0.29, 0.717) is 58.0 Å². The van der Waals surface area contributed by atoms with Crippen molar-refractivity contribution < 1.29 is 22.7 Å². The van der Waals surface area contributed by atoms with Crippen LogP contribution in [0.3, 0.4) is 0 Å². The summed E-state index contributed by atoms with van der Waals surface area (Å²) in [5, 5.41) is 0. The average molecular weight is 484 g/mol. The van der Waals surface area contributed by atoms with Gasteiger partial charge in [0.15, 0.2) is 5.78 Å². The molecule has 0 radical (unpaired) electrons. The quantitative estimate of drug-likeness (QED) is 0.463. The number of hydrogen-bond donors (Lipinski definition) is 0. The highest BCUT2D eigenvalue weighted by Gasteiger charge is 2.26. The van der Waals surface area contributed by atoms with Crippen molar-refractivity contribution in [2.75, 3.05) is 57.4 Å². The third-order valence-corrected chi connectivity index (χ3v) is 8.05. The summed E-state index contributed by atoms with van der Waals surface area (Å²) in [6.07, 6.45) is 3.24. The summed E-state index contributed by atoms with van der Waals surface area (Å²) in [7, 11) is -3.53. The molecule has 4 rings (SSSR count). The minimum absolute atomic E-state index is 0.0436. The molecule has 2 aliphatic rings. The molecule has 0 aliphatic carbocycles. The summed E-state index contributed by atoms with van der Waals surface area (Å²) in [5.74, 6) is -0.0290. The summed E-state index contributed by atoms with van der Waals surface area (Å²) < 4.78 is 32.1. The van der Waals surface area contributed by atoms with Crippen LogP contribution in [0.1, 0.15) is 22.8 Å². The van der Waals surface area contributed by atoms with Gasteiger partial charge in [-0.15, -0.1) is 0 Å². The third-order valence-electron chi connectivity index (χ3n) is 6.14. The van der Waals surface area contributed by atoms with Crippen molar-refractivity contribution in [1.29, 1.82) is 0 Å². The zero-order valence-corrected chi connectivity index (χ0v) is 20.0. The second-order valence-corrected chi connectivity index (χ2v) is 10.3.